The molecule has 5 heteroatoms. The highest BCUT2D eigenvalue weighted by Crippen LogP contribution is 2.28. The molecule has 0 radical (unpaired) electrons. The average molecular weight is 326 g/mol. The molecular formula is C18H18N2O2S. The number of ether oxygens (including phenoxy) is 1. The molecule has 118 valence electrons. The number of methoxy groups -OCH3 is 1. The summed E-state index contributed by atoms with van der Waals surface area (Å²) in [4.78, 5) is 0. The molecule has 3 rings (SSSR count). The third-order valence-electron chi connectivity index (χ3n) is 3.44. The molecule has 0 bridgehead atoms. The Bertz CT molecular complexity index is 763. The van der Waals surface area contributed by atoms with Gasteiger partial charge < -0.3 is 19.8 Å². The van der Waals surface area contributed by atoms with Gasteiger partial charge in [-0.25, -0.2) is 0 Å². The second-order valence-electron chi connectivity index (χ2n) is 5.10. The predicted molar refractivity (Wildman–Crippen MR) is 97.7 cm³/mol. The van der Waals surface area contributed by atoms with Crippen LogP contribution in [0.1, 0.15) is 0 Å². The summed E-state index contributed by atoms with van der Waals surface area (Å²) in [7, 11) is 1.66. The van der Waals surface area contributed by atoms with Crippen molar-refractivity contribution in [3.63, 3.8) is 0 Å². The molecule has 0 fully saturated rings. The van der Waals surface area contributed by atoms with Crippen LogP contribution in [0.25, 0.3) is 22.3 Å². The van der Waals surface area contributed by atoms with E-state index in [1.165, 1.54) is 0 Å². The number of hydrogen-bond acceptors (Lipinski definition) is 3. The molecule has 2 aromatic carbocycles. The second-order valence-corrected chi connectivity index (χ2v) is 5.51. The topological polar surface area (TPSA) is 46.4 Å². The van der Waals surface area contributed by atoms with Crippen molar-refractivity contribution in [1.82, 2.24) is 5.32 Å². The maximum Gasteiger partial charge on any atom is 0.170 e. The van der Waals surface area contributed by atoms with Gasteiger partial charge in [-0.3, -0.25) is 0 Å². The van der Waals surface area contributed by atoms with Crippen LogP contribution in [0.3, 0.4) is 0 Å². The number of thiocarbonyl (C=S) groups is 1. The van der Waals surface area contributed by atoms with Gasteiger partial charge in [0.25, 0.3) is 0 Å². The Morgan fingerprint density at radius 3 is 2.65 bits per heavy atom. The number of fused-ring (bicyclic) bond motifs is 1. The molecule has 1 aromatic heterocycles. The van der Waals surface area contributed by atoms with E-state index in [0.29, 0.717) is 18.3 Å². The van der Waals surface area contributed by atoms with Crippen LogP contribution in [0.2, 0.25) is 0 Å². The zero-order valence-electron chi connectivity index (χ0n) is 12.8. The molecule has 4 nitrogen and oxygen atoms in total. The Morgan fingerprint density at radius 2 is 1.91 bits per heavy atom. The molecule has 0 atom stereocenters. The first-order chi connectivity index (χ1) is 11.3. The lowest BCUT2D eigenvalue weighted by atomic mass is 10.1. The highest BCUT2D eigenvalue weighted by molar-refractivity contribution is 7.80. The highest BCUT2D eigenvalue weighted by Gasteiger charge is 2.06. The smallest absolute Gasteiger partial charge is 0.170 e. The number of hydrogen-bond donors (Lipinski definition) is 2. The van der Waals surface area contributed by atoms with Gasteiger partial charge in [0.05, 0.1) is 6.61 Å². The van der Waals surface area contributed by atoms with Gasteiger partial charge in [0.15, 0.2) is 5.11 Å². The Kier molecular flexibility index (Phi) is 4.90. The minimum Gasteiger partial charge on any atom is -0.456 e. The number of furan rings is 1. The van der Waals surface area contributed by atoms with Crippen molar-refractivity contribution in [3.05, 3.63) is 54.6 Å². The van der Waals surface area contributed by atoms with Gasteiger partial charge in [-0.15, -0.1) is 0 Å². The molecule has 0 aliphatic rings. The second kappa shape index (κ2) is 7.26. The monoisotopic (exact) mass is 326 g/mol. The summed E-state index contributed by atoms with van der Waals surface area (Å²) in [5.74, 6) is 0.860. The summed E-state index contributed by atoms with van der Waals surface area (Å²) in [6.45, 7) is 1.30. The maximum absolute atomic E-state index is 5.87. The molecule has 2 N–H and O–H groups in total. The minimum atomic E-state index is 0.582. The van der Waals surface area contributed by atoms with Gasteiger partial charge in [0, 0.05) is 30.3 Å². The van der Waals surface area contributed by atoms with Gasteiger partial charge in [0.1, 0.15) is 11.3 Å². The van der Waals surface area contributed by atoms with Gasteiger partial charge >= 0.3 is 0 Å². The van der Waals surface area contributed by atoms with E-state index in [0.717, 1.165) is 28.0 Å². The number of nitrogens with one attached hydrogen (secondary N) is 2. The first-order valence-electron chi connectivity index (χ1n) is 7.39. The van der Waals surface area contributed by atoms with E-state index >= 15 is 0 Å². The van der Waals surface area contributed by atoms with E-state index in [1.54, 1.807) is 7.11 Å². The SMILES string of the molecule is COCCNC(=S)Nc1ccc(-c2cc3ccccc3o2)cc1. The lowest BCUT2D eigenvalue weighted by Gasteiger charge is -2.10. The lowest BCUT2D eigenvalue weighted by molar-refractivity contribution is 0.204. The third kappa shape index (κ3) is 3.88. The summed E-state index contributed by atoms with van der Waals surface area (Å²) >= 11 is 5.22. The largest absolute Gasteiger partial charge is 0.456 e. The molecule has 23 heavy (non-hydrogen) atoms. The molecule has 0 aliphatic carbocycles. The predicted octanol–water partition coefficient (Wildman–Crippen LogP) is 4.03. The van der Waals surface area contributed by atoms with Crippen molar-refractivity contribution in [2.75, 3.05) is 25.6 Å². The standard InChI is InChI=1S/C18H18N2O2S/c1-21-11-10-19-18(23)20-15-8-6-13(7-9-15)17-12-14-4-2-3-5-16(14)22-17/h2-9,12H,10-11H2,1H3,(H2,19,20,23). The van der Waals surface area contributed by atoms with Gasteiger partial charge in [-0.05, 0) is 48.6 Å². The Hall–Kier alpha value is -2.37. The van der Waals surface area contributed by atoms with E-state index in [-0.39, 0.29) is 0 Å². The van der Waals surface area contributed by atoms with Crippen molar-refractivity contribution in [2.24, 2.45) is 0 Å². The van der Waals surface area contributed by atoms with E-state index in [1.807, 2.05) is 48.5 Å². The molecule has 1 heterocycles. The summed E-state index contributed by atoms with van der Waals surface area (Å²) in [5.41, 5.74) is 2.86. The molecule has 0 saturated carbocycles. The van der Waals surface area contributed by atoms with Crippen LogP contribution >= 0.6 is 12.2 Å². The fraction of sp³-hybridized carbons (Fsp3) is 0.167. The molecule has 0 spiro atoms. The first-order valence-corrected chi connectivity index (χ1v) is 7.80. The van der Waals surface area contributed by atoms with Crippen molar-refractivity contribution in [2.45, 2.75) is 0 Å². The first kappa shape index (κ1) is 15.5. The quantitative estimate of drug-likeness (QED) is 0.547. The van der Waals surface area contributed by atoms with Crippen molar-refractivity contribution >= 4 is 34.0 Å². The van der Waals surface area contributed by atoms with E-state index in [4.69, 9.17) is 21.4 Å². The maximum atomic E-state index is 5.87. The van der Waals surface area contributed by atoms with E-state index in [2.05, 4.69) is 16.7 Å². The van der Waals surface area contributed by atoms with Gasteiger partial charge in [-0.2, -0.15) is 0 Å². The zero-order chi connectivity index (χ0) is 16.1. The average Bonchev–Trinajstić information content (AvgIpc) is 3.00. The molecule has 0 aliphatic heterocycles. The summed E-state index contributed by atoms with van der Waals surface area (Å²) in [5, 5.41) is 7.90. The number of benzene rings is 2. The lowest BCUT2D eigenvalue weighted by Crippen LogP contribution is -2.31. The normalized spacial score (nSPS) is 10.7. The van der Waals surface area contributed by atoms with Crippen LogP contribution in [-0.4, -0.2) is 25.4 Å². The number of para-hydroxylation sites is 1. The van der Waals surface area contributed by atoms with Crippen molar-refractivity contribution < 1.29 is 9.15 Å². The molecular weight excluding hydrogens is 308 g/mol. The number of anilines is 1. The van der Waals surface area contributed by atoms with Crippen LogP contribution in [0, 0.1) is 0 Å². The van der Waals surface area contributed by atoms with E-state index in [9.17, 15) is 0 Å². The zero-order valence-corrected chi connectivity index (χ0v) is 13.7. The Morgan fingerprint density at radius 1 is 1.13 bits per heavy atom. The van der Waals surface area contributed by atoms with Gasteiger partial charge in [0.2, 0.25) is 0 Å². The number of rotatable bonds is 5. The van der Waals surface area contributed by atoms with E-state index < -0.39 is 0 Å². The fourth-order valence-electron chi connectivity index (χ4n) is 2.28. The fourth-order valence-corrected chi connectivity index (χ4v) is 2.50. The Labute approximate surface area is 140 Å². The molecule has 0 saturated heterocycles. The molecule has 3 aromatic rings. The van der Waals surface area contributed by atoms with Gasteiger partial charge in [-0.1, -0.05) is 18.2 Å². The van der Waals surface area contributed by atoms with Crippen LogP contribution < -0.4 is 10.6 Å². The van der Waals surface area contributed by atoms with Crippen LogP contribution in [-0.2, 0) is 4.74 Å². The van der Waals surface area contributed by atoms with Crippen LogP contribution in [0.4, 0.5) is 5.69 Å². The molecule has 0 unspecified atom stereocenters. The third-order valence-corrected chi connectivity index (χ3v) is 3.69. The van der Waals surface area contributed by atoms with Crippen LogP contribution in [0.5, 0.6) is 0 Å². The Balaban J connectivity index is 1.68. The highest BCUT2D eigenvalue weighted by atomic mass is 32.1. The van der Waals surface area contributed by atoms with Crippen LogP contribution in [0.15, 0.2) is 59.0 Å². The minimum absolute atomic E-state index is 0.582. The summed E-state index contributed by atoms with van der Waals surface area (Å²) < 4.78 is 10.8. The van der Waals surface area contributed by atoms with Crippen molar-refractivity contribution in [1.29, 1.82) is 0 Å². The van der Waals surface area contributed by atoms with Crippen molar-refractivity contribution in [3.8, 4) is 11.3 Å². The molecule has 0 amide bonds. The summed E-state index contributed by atoms with van der Waals surface area (Å²) in [6.07, 6.45) is 0. The summed E-state index contributed by atoms with van der Waals surface area (Å²) in [6, 6.07) is 18.0.